The number of H-pyrrole nitrogens is 1. The fraction of sp³-hybridized carbons (Fsp3) is 0.333. The second-order valence-corrected chi connectivity index (χ2v) is 5.07. The van der Waals surface area contributed by atoms with Gasteiger partial charge in [-0.15, -0.1) is 0 Å². The SMILES string of the molecule is FC(F)(F)c1cc(Br)ccc1NCCCc1ncn[nH]1. The lowest BCUT2D eigenvalue weighted by atomic mass is 10.1. The molecule has 0 bridgehead atoms. The quantitative estimate of drug-likeness (QED) is 0.811. The van der Waals surface area contributed by atoms with Crippen LogP contribution in [0.1, 0.15) is 17.8 Å². The molecule has 0 unspecified atom stereocenters. The molecule has 8 heteroatoms. The van der Waals surface area contributed by atoms with Gasteiger partial charge < -0.3 is 5.32 Å². The average Bonchev–Trinajstić information content (AvgIpc) is 2.88. The number of aromatic nitrogens is 3. The summed E-state index contributed by atoms with van der Waals surface area (Å²) in [4.78, 5) is 3.95. The van der Waals surface area contributed by atoms with Gasteiger partial charge in [0.05, 0.1) is 5.56 Å². The van der Waals surface area contributed by atoms with Crippen LogP contribution in [0.4, 0.5) is 18.9 Å². The molecule has 2 rings (SSSR count). The number of hydrogen-bond donors (Lipinski definition) is 2. The highest BCUT2D eigenvalue weighted by Gasteiger charge is 2.33. The number of anilines is 1. The van der Waals surface area contributed by atoms with E-state index in [0.29, 0.717) is 23.9 Å². The molecule has 108 valence electrons. The van der Waals surface area contributed by atoms with Gasteiger partial charge in [-0.3, -0.25) is 5.10 Å². The van der Waals surface area contributed by atoms with Crippen molar-refractivity contribution in [1.29, 1.82) is 0 Å². The Balaban J connectivity index is 1.95. The Morgan fingerprint density at radius 1 is 1.30 bits per heavy atom. The summed E-state index contributed by atoms with van der Waals surface area (Å²) in [7, 11) is 0. The molecule has 2 aromatic rings. The zero-order valence-electron chi connectivity index (χ0n) is 10.3. The third kappa shape index (κ3) is 3.96. The first-order valence-electron chi connectivity index (χ1n) is 5.91. The molecule has 0 atom stereocenters. The van der Waals surface area contributed by atoms with E-state index in [1.165, 1.54) is 12.4 Å². The first-order valence-corrected chi connectivity index (χ1v) is 6.71. The summed E-state index contributed by atoms with van der Waals surface area (Å²) in [6.45, 7) is 0.422. The summed E-state index contributed by atoms with van der Waals surface area (Å²) in [5, 5.41) is 9.22. The summed E-state index contributed by atoms with van der Waals surface area (Å²) >= 11 is 3.05. The van der Waals surface area contributed by atoms with Crippen molar-refractivity contribution in [3.05, 3.63) is 40.4 Å². The maximum atomic E-state index is 12.9. The minimum absolute atomic E-state index is 0.0817. The molecule has 20 heavy (non-hydrogen) atoms. The monoisotopic (exact) mass is 348 g/mol. The number of benzene rings is 1. The van der Waals surface area contributed by atoms with E-state index < -0.39 is 11.7 Å². The third-order valence-corrected chi connectivity index (χ3v) is 3.15. The van der Waals surface area contributed by atoms with Crippen LogP contribution < -0.4 is 5.32 Å². The summed E-state index contributed by atoms with van der Waals surface area (Å²) in [5.74, 6) is 0.721. The van der Waals surface area contributed by atoms with Gasteiger partial charge in [-0.25, -0.2) is 4.98 Å². The van der Waals surface area contributed by atoms with Crippen LogP contribution in [0.15, 0.2) is 29.0 Å². The topological polar surface area (TPSA) is 53.6 Å². The van der Waals surface area contributed by atoms with Crippen LogP contribution in [0.2, 0.25) is 0 Å². The van der Waals surface area contributed by atoms with E-state index in [-0.39, 0.29) is 5.69 Å². The number of rotatable bonds is 5. The van der Waals surface area contributed by atoms with Crippen molar-refractivity contribution < 1.29 is 13.2 Å². The fourth-order valence-corrected chi connectivity index (χ4v) is 2.10. The van der Waals surface area contributed by atoms with Gasteiger partial charge in [0.2, 0.25) is 0 Å². The van der Waals surface area contributed by atoms with E-state index in [9.17, 15) is 13.2 Å². The zero-order chi connectivity index (χ0) is 14.6. The van der Waals surface area contributed by atoms with Gasteiger partial charge in [0, 0.05) is 23.1 Å². The summed E-state index contributed by atoms with van der Waals surface area (Å²) < 4.78 is 39.0. The van der Waals surface area contributed by atoms with E-state index >= 15 is 0 Å². The van der Waals surface area contributed by atoms with Crippen LogP contribution >= 0.6 is 15.9 Å². The van der Waals surface area contributed by atoms with Crippen LogP contribution in [-0.4, -0.2) is 21.7 Å². The normalized spacial score (nSPS) is 11.6. The minimum atomic E-state index is -4.38. The van der Waals surface area contributed by atoms with Crippen molar-refractivity contribution in [1.82, 2.24) is 15.2 Å². The predicted octanol–water partition coefficient (Wildman–Crippen LogP) is 3.63. The molecule has 0 fully saturated rings. The molecule has 4 nitrogen and oxygen atoms in total. The van der Waals surface area contributed by atoms with Crippen LogP contribution in [0.25, 0.3) is 0 Å². The highest BCUT2D eigenvalue weighted by Crippen LogP contribution is 2.36. The molecule has 0 saturated carbocycles. The Bertz CT molecular complexity index is 554. The number of nitrogens with one attached hydrogen (secondary N) is 2. The van der Waals surface area contributed by atoms with Crippen molar-refractivity contribution in [3.8, 4) is 0 Å². The predicted molar refractivity (Wildman–Crippen MR) is 72.3 cm³/mol. The van der Waals surface area contributed by atoms with Gasteiger partial charge in [-0.1, -0.05) is 15.9 Å². The summed E-state index contributed by atoms with van der Waals surface area (Å²) in [6.07, 6.45) is -1.69. The van der Waals surface area contributed by atoms with Gasteiger partial charge >= 0.3 is 6.18 Å². The van der Waals surface area contributed by atoms with Gasteiger partial charge in [0.1, 0.15) is 12.2 Å². The fourth-order valence-electron chi connectivity index (χ4n) is 1.74. The molecular weight excluding hydrogens is 337 g/mol. The van der Waals surface area contributed by atoms with E-state index in [1.54, 1.807) is 6.07 Å². The molecule has 0 aliphatic heterocycles. The Morgan fingerprint density at radius 2 is 2.10 bits per heavy atom. The number of hydrogen-bond acceptors (Lipinski definition) is 3. The Labute approximate surface area is 121 Å². The minimum Gasteiger partial charge on any atom is -0.385 e. The summed E-state index contributed by atoms with van der Waals surface area (Å²) in [5.41, 5.74) is -0.593. The second kappa shape index (κ2) is 6.25. The first-order chi connectivity index (χ1) is 9.47. The first kappa shape index (κ1) is 14.8. The van der Waals surface area contributed by atoms with Crippen molar-refractivity contribution in [2.24, 2.45) is 0 Å². The maximum absolute atomic E-state index is 12.9. The number of aromatic amines is 1. The van der Waals surface area contributed by atoms with Crippen molar-refractivity contribution in [2.45, 2.75) is 19.0 Å². The molecule has 1 heterocycles. The van der Waals surface area contributed by atoms with E-state index in [4.69, 9.17) is 0 Å². The second-order valence-electron chi connectivity index (χ2n) is 4.15. The molecule has 1 aromatic carbocycles. The molecular formula is C12H12BrF3N4. The molecule has 0 saturated heterocycles. The molecule has 0 aliphatic carbocycles. The molecule has 1 aromatic heterocycles. The lowest BCUT2D eigenvalue weighted by molar-refractivity contribution is -0.137. The molecule has 0 spiro atoms. The molecule has 0 aliphatic rings. The average molecular weight is 349 g/mol. The van der Waals surface area contributed by atoms with E-state index in [0.717, 1.165) is 11.9 Å². The Kier molecular flexibility index (Phi) is 4.64. The van der Waals surface area contributed by atoms with Gasteiger partial charge in [-0.2, -0.15) is 18.3 Å². The van der Waals surface area contributed by atoms with Crippen molar-refractivity contribution in [2.75, 3.05) is 11.9 Å². The lowest BCUT2D eigenvalue weighted by Gasteiger charge is -2.14. The lowest BCUT2D eigenvalue weighted by Crippen LogP contribution is -2.12. The zero-order valence-corrected chi connectivity index (χ0v) is 11.9. The number of aryl methyl sites for hydroxylation is 1. The van der Waals surface area contributed by atoms with Crippen LogP contribution in [-0.2, 0) is 12.6 Å². The highest BCUT2D eigenvalue weighted by atomic mass is 79.9. The number of halogens is 4. The number of nitrogens with zero attached hydrogens (tertiary/aromatic N) is 2. The van der Waals surface area contributed by atoms with E-state index in [1.807, 2.05) is 0 Å². The van der Waals surface area contributed by atoms with Gasteiger partial charge in [-0.05, 0) is 24.6 Å². The highest BCUT2D eigenvalue weighted by molar-refractivity contribution is 9.10. The molecule has 2 N–H and O–H groups in total. The van der Waals surface area contributed by atoms with Crippen LogP contribution in [0, 0.1) is 0 Å². The van der Waals surface area contributed by atoms with Crippen molar-refractivity contribution >= 4 is 21.6 Å². The summed E-state index contributed by atoms with van der Waals surface area (Å²) in [6, 6.07) is 4.06. The Morgan fingerprint density at radius 3 is 2.75 bits per heavy atom. The molecule has 0 amide bonds. The standard InChI is InChI=1S/C12H12BrF3N4/c13-8-3-4-10(9(6-8)12(14,15)16)17-5-1-2-11-18-7-19-20-11/h3-4,6-7,17H,1-2,5H2,(H,18,19,20). The van der Waals surface area contributed by atoms with Crippen LogP contribution in [0.5, 0.6) is 0 Å². The number of alkyl halides is 3. The third-order valence-electron chi connectivity index (χ3n) is 2.66. The molecule has 0 radical (unpaired) electrons. The largest absolute Gasteiger partial charge is 0.418 e. The smallest absolute Gasteiger partial charge is 0.385 e. The van der Waals surface area contributed by atoms with Gasteiger partial charge in [0.15, 0.2) is 0 Å². The maximum Gasteiger partial charge on any atom is 0.418 e. The van der Waals surface area contributed by atoms with Crippen molar-refractivity contribution in [3.63, 3.8) is 0 Å². The van der Waals surface area contributed by atoms with Crippen LogP contribution in [0.3, 0.4) is 0 Å². The van der Waals surface area contributed by atoms with E-state index in [2.05, 4.69) is 36.4 Å². The van der Waals surface area contributed by atoms with Gasteiger partial charge in [0.25, 0.3) is 0 Å². The Hall–Kier alpha value is -1.57.